The van der Waals surface area contributed by atoms with Gasteiger partial charge in [0.15, 0.2) is 0 Å². The fraction of sp³-hybridized carbons (Fsp3) is 0.286. The number of carbonyl (C=O) groups is 2. The van der Waals surface area contributed by atoms with Crippen molar-refractivity contribution in [2.45, 2.75) is 44.7 Å². The van der Waals surface area contributed by atoms with Crippen LogP contribution in [0.3, 0.4) is 0 Å². The highest BCUT2D eigenvalue weighted by atomic mass is 35.5. The van der Waals surface area contributed by atoms with E-state index in [1.165, 1.54) is 17.0 Å². The minimum Gasteiger partial charge on any atom is -0.355 e. The summed E-state index contributed by atoms with van der Waals surface area (Å²) in [5.74, 6) is -0.831. The van der Waals surface area contributed by atoms with Crippen LogP contribution in [0, 0.1) is 0 Å². The molecule has 37 heavy (non-hydrogen) atoms. The molecule has 0 fully saturated rings. The smallest absolute Gasteiger partial charge is 0.264 e. The van der Waals surface area contributed by atoms with Gasteiger partial charge in [-0.05, 0) is 67.8 Å². The summed E-state index contributed by atoms with van der Waals surface area (Å²) in [6.07, 6.45) is 0.795. The number of aryl methyl sites for hydroxylation is 1. The van der Waals surface area contributed by atoms with Crippen LogP contribution in [0.25, 0.3) is 0 Å². The van der Waals surface area contributed by atoms with E-state index in [1.807, 2.05) is 19.1 Å². The molecular weight excluding hydrogens is 510 g/mol. The van der Waals surface area contributed by atoms with Crippen molar-refractivity contribution < 1.29 is 18.0 Å². The van der Waals surface area contributed by atoms with E-state index < -0.39 is 28.5 Å². The molecule has 0 bridgehead atoms. The van der Waals surface area contributed by atoms with Crippen molar-refractivity contribution in [3.05, 3.63) is 95.0 Å². The van der Waals surface area contributed by atoms with Gasteiger partial charge in [0.05, 0.1) is 10.6 Å². The quantitative estimate of drug-likeness (QED) is 0.383. The molecule has 3 aromatic carbocycles. The van der Waals surface area contributed by atoms with Crippen LogP contribution in [-0.4, -0.2) is 44.3 Å². The highest BCUT2D eigenvalue weighted by Gasteiger charge is 2.32. The molecule has 0 aromatic heterocycles. The molecule has 0 aliphatic carbocycles. The molecule has 0 spiro atoms. The summed E-state index contributed by atoms with van der Waals surface area (Å²) in [6, 6.07) is 21.2. The fourth-order valence-corrected chi connectivity index (χ4v) is 5.40. The number of benzene rings is 3. The Hall–Kier alpha value is -3.36. The first kappa shape index (κ1) is 28.2. The van der Waals surface area contributed by atoms with Gasteiger partial charge in [-0.1, -0.05) is 61.0 Å². The first-order valence-corrected chi connectivity index (χ1v) is 14.0. The third-order valence-electron chi connectivity index (χ3n) is 6.03. The normalized spacial score (nSPS) is 12.0. The second-order valence-electron chi connectivity index (χ2n) is 8.56. The number of carbonyl (C=O) groups excluding carboxylic acids is 2. The van der Waals surface area contributed by atoms with Crippen molar-refractivity contribution in [3.63, 3.8) is 0 Å². The van der Waals surface area contributed by atoms with Gasteiger partial charge in [0, 0.05) is 18.1 Å². The van der Waals surface area contributed by atoms with E-state index >= 15 is 0 Å². The Bertz CT molecular complexity index is 1300. The van der Waals surface area contributed by atoms with Gasteiger partial charge >= 0.3 is 0 Å². The highest BCUT2D eigenvalue weighted by Crippen LogP contribution is 2.25. The van der Waals surface area contributed by atoms with Gasteiger partial charge in [0.25, 0.3) is 10.0 Å². The molecule has 0 heterocycles. The van der Waals surface area contributed by atoms with Gasteiger partial charge in [0.2, 0.25) is 11.8 Å². The van der Waals surface area contributed by atoms with Gasteiger partial charge in [-0.25, -0.2) is 8.42 Å². The van der Waals surface area contributed by atoms with Crippen molar-refractivity contribution in [2.24, 2.45) is 0 Å². The van der Waals surface area contributed by atoms with Crippen LogP contribution in [0.4, 0.5) is 5.69 Å². The summed E-state index contributed by atoms with van der Waals surface area (Å²) in [7, 11) is -4.07. The Kier molecular flexibility index (Phi) is 9.72. The summed E-state index contributed by atoms with van der Waals surface area (Å²) in [5.41, 5.74) is 2.17. The molecule has 0 saturated heterocycles. The molecule has 1 atom stereocenters. The molecule has 0 unspecified atom stereocenters. The lowest BCUT2D eigenvalue weighted by atomic mass is 10.1. The van der Waals surface area contributed by atoms with Crippen LogP contribution in [0.1, 0.15) is 31.9 Å². The van der Waals surface area contributed by atoms with Crippen molar-refractivity contribution in [2.75, 3.05) is 17.4 Å². The standard InChI is InChI=1S/C28H32ClN3O4S/c1-4-22-13-17-25(18-14-22)32(37(35,36)26-9-7-6-8-10-26)20-27(33)31(21(3)28(34)30-5-2)19-23-11-15-24(29)16-12-23/h6-18,21H,4-5,19-20H2,1-3H3,(H,30,34)/t21-/m0/s1. The van der Waals surface area contributed by atoms with Crippen LogP contribution in [0.5, 0.6) is 0 Å². The lowest BCUT2D eigenvalue weighted by Crippen LogP contribution is -2.51. The van der Waals surface area contributed by atoms with Crippen molar-refractivity contribution in [1.82, 2.24) is 10.2 Å². The van der Waals surface area contributed by atoms with E-state index in [9.17, 15) is 18.0 Å². The number of hydrogen-bond donors (Lipinski definition) is 1. The largest absolute Gasteiger partial charge is 0.355 e. The number of hydrogen-bond acceptors (Lipinski definition) is 4. The monoisotopic (exact) mass is 541 g/mol. The average Bonchev–Trinajstić information content (AvgIpc) is 2.91. The maximum atomic E-state index is 13.8. The first-order valence-electron chi connectivity index (χ1n) is 12.2. The number of anilines is 1. The zero-order valence-electron chi connectivity index (χ0n) is 21.2. The zero-order valence-corrected chi connectivity index (χ0v) is 22.8. The molecule has 7 nitrogen and oxygen atoms in total. The zero-order chi connectivity index (χ0) is 27.0. The molecule has 0 radical (unpaired) electrons. The first-order chi connectivity index (χ1) is 17.7. The van der Waals surface area contributed by atoms with Crippen LogP contribution < -0.4 is 9.62 Å². The average molecular weight is 542 g/mol. The second-order valence-corrected chi connectivity index (χ2v) is 10.9. The van der Waals surface area contributed by atoms with Crippen LogP contribution in [0.2, 0.25) is 5.02 Å². The predicted molar refractivity (Wildman–Crippen MR) is 147 cm³/mol. The van der Waals surface area contributed by atoms with Crippen molar-refractivity contribution in [3.8, 4) is 0 Å². The maximum Gasteiger partial charge on any atom is 0.264 e. The SMILES string of the molecule is CCNC(=O)[C@H](C)N(Cc1ccc(Cl)cc1)C(=O)CN(c1ccc(CC)cc1)S(=O)(=O)c1ccccc1. The molecule has 0 aliphatic heterocycles. The summed E-state index contributed by atoms with van der Waals surface area (Å²) in [6.45, 7) is 5.48. The van der Waals surface area contributed by atoms with Gasteiger partial charge in [0.1, 0.15) is 12.6 Å². The van der Waals surface area contributed by atoms with Gasteiger partial charge < -0.3 is 10.2 Å². The topological polar surface area (TPSA) is 86.8 Å². The number of halogens is 1. The number of likely N-dealkylation sites (N-methyl/N-ethyl adjacent to an activating group) is 1. The minimum absolute atomic E-state index is 0.0726. The molecule has 0 saturated carbocycles. The summed E-state index contributed by atoms with van der Waals surface area (Å²) in [4.78, 5) is 27.9. The van der Waals surface area contributed by atoms with E-state index in [0.29, 0.717) is 17.3 Å². The Morgan fingerprint density at radius 1 is 0.892 bits per heavy atom. The van der Waals surface area contributed by atoms with Crippen molar-refractivity contribution >= 4 is 39.1 Å². The lowest BCUT2D eigenvalue weighted by molar-refractivity contribution is -0.139. The summed E-state index contributed by atoms with van der Waals surface area (Å²) >= 11 is 6.01. The van der Waals surface area contributed by atoms with E-state index in [-0.39, 0.29) is 17.3 Å². The van der Waals surface area contributed by atoms with Gasteiger partial charge in [-0.2, -0.15) is 0 Å². The summed E-state index contributed by atoms with van der Waals surface area (Å²) < 4.78 is 28.5. The molecule has 2 amide bonds. The van der Waals surface area contributed by atoms with E-state index in [4.69, 9.17) is 11.6 Å². The Morgan fingerprint density at radius 3 is 2.05 bits per heavy atom. The second kappa shape index (κ2) is 12.7. The van der Waals surface area contributed by atoms with Gasteiger partial charge in [-0.15, -0.1) is 0 Å². The van der Waals surface area contributed by atoms with E-state index in [2.05, 4.69) is 5.32 Å². The molecule has 1 N–H and O–H groups in total. The number of amides is 2. The summed E-state index contributed by atoms with van der Waals surface area (Å²) in [5, 5.41) is 3.29. The Balaban J connectivity index is 2.01. The molecule has 196 valence electrons. The minimum atomic E-state index is -4.07. The number of sulfonamides is 1. The van der Waals surface area contributed by atoms with E-state index in [0.717, 1.165) is 21.9 Å². The van der Waals surface area contributed by atoms with Crippen LogP contribution >= 0.6 is 11.6 Å². The lowest BCUT2D eigenvalue weighted by Gasteiger charge is -2.32. The molecular formula is C28H32ClN3O4S. The fourth-order valence-electron chi connectivity index (χ4n) is 3.84. The van der Waals surface area contributed by atoms with Crippen LogP contribution in [0.15, 0.2) is 83.8 Å². The van der Waals surface area contributed by atoms with Gasteiger partial charge in [-0.3, -0.25) is 13.9 Å². The number of nitrogens with zero attached hydrogens (tertiary/aromatic N) is 2. The molecule has 0 aliphatic rings. The predicted octanol–water partition coefficient (Wildman–Crippen LogP) is 4.65. The number of nitrogens with one attached hydrogen (secondary N) is 1. The Labute approximate surface area is 224 Å². The number of rotatable bonds is 11. The third-order valence-corrected chi connectivity index (χ3v) is 8.07. The Morgan fingerprint density at radius 2 is 1.49 bits per heavy atom. The van der Waals surface area contributed by atoms with Crippen molar-refractivity contribution in [1.29, 1.82) is 0 Å². The highest BCUT2D eigenvalue weighted by molar-refractivity contribution is 7.92. The van der Waals surface area contributed by atoms with Crippen LogP contribution in [-0.2, 0) is 32.6 Å². The molecule has 3 rings (SSSR count). The molecule has 9 heteroatoms. The maximum absolute atomic E-state index is 13.8. The van der Waals surface area contributed by atoms with E-state index in [1.54, 1.807) is 68.4 Å². The third kappa shape index (κ3) is 7.11. The molecule has 3 aromatic rings.